The van der Waals surface area contributed by atoms with Crippen molar-refractivity contribution < 1.29 is 4.74 Å². The molecule has 90 valence electrons. The Labute approximate surface area is 106 Å². The lowest BCUT2D eigenvalue weighted by Gasteiger charge is -2.10. The number of hydrogen-bond acceptors (Lipinski definition) is 4. The van der Waals surface area contributed by atoms with Crippen LogP contribution >= 0.6 is 0 Å². The van der Waals surface area contributed by atoms with Gasteiger partial charge in [0.1, 0.15) is 17.6 Å². The fraction of sp³-hybridized carbons (Fsp3) is 0.143. The van der Waals surface area contributed by atoms with Gasteiger partial charge < -0.3 is 10.1 Å². The first-order valence-electron chi connectivity index (χ1n) is 5.56. The van der Waals surface area contributed by atoms with Crippen molar-refractivity contribution in [2.75, 3.05) is 12.4 Å². The molecule has 2 rings (SSSR count). The fourth-order valence-electron chi connectivity index (χ4n) is 1.66. The van der Waals surface area contributed by atoms with Crippen molar-refractivity contribution in [1.82, 2.24) is 4.98 Å². The van der Waals surface area contributed by atoms with Gasteiger partial charge in [-0.2, -0.15) is 5.26 Å². The van der Waals surface area contributed by atoms with Crippen LogP contribution in [-0.4, -0.2) is 12.1 Å². The highest BCUT2D eigenvalue weighted by atomic mass is 16.5. The maximum Gasteiger partial charge on any atom is 0.144 e. The number of para-hydroxylation sites is 1. The molecular weight excluding hydrogens is 226 g/mol. The lowest BCUT2D eigenvalue weighted by atomic mass is 10.2. The molecule has 0 saturated heterocycles. The van der Waals surface area contributed by atoms with Gasteiger partial charge in [-0.3, -0.25) is 0 Å². The number of anilines is 1. The average molecular weight is 239 g/mol. The summed E-state index contributed by atoms with van der Waals surface area (Å²) in [5.41, 5.74) is 1.56. The van der Waals surface area contributed by atoms with Gasteiger partial charge >= 0.3 is 0 Å². The summed E-state index contributed by atoms with van der Waals surface area (Å²) in [6.45, 7) is 0.565. The predicted octanol–water partition coefficient (Wildman–Crippen LogP) is 2.57. The first-order chi connectivity index (χ1) is 8.85. The Morgan fingerprint density at radius 3 is 2.89 bits per heavy atom. The number of hydrogen-bond donors (Lipinski definition) is 1. The number of benzene rings is 1. The Balaban J connectivity index is 2.14. The number of nitriles is 1. The van der Waals surface area contributed by atoms with Gasteiger partial charge in [-0.25, -0.2) is 4.98 Å². The molecule has 1 aromatic carbocycles. The summed E-state index contributed by atoms with van der Waals surface area (Å²) in [5, 5.41) is 12.1. The van der Waals surface area contributed by atoms with Crippen molar-refractivity contribution in [2.24, 2.45) is 0 Å². The molecule has 1 N–H and O–H groups in total. The highest BCUT2D eigenvalue weighted by Crippen LogP contribution is 2.19. The quantitative estimate of drug-likeness (QED) is 0.890. The molecule has 0 aliphatic carbocycles. The second-order valence-electron chi connectivity index (χ2n) is 3.68. The Kier molecular flexibility index (Phi) is 3.77. The van der Waals surface area contributed by atoms with Crippen LogP contribution in [0.5, 0.6) is 5.75 Å². The van der Waals surface area contributed by atoms with Crippen LogP contribution in [0.1, 0.15) is 11.1 Å². The molecule has 4 heteroatoms. The summed E-state index contributed by atoms with van der Waals surface area (Å²) in [7, 11) is 1.64. The highest BCUT2D eigenvalue weighted by Gasteiger charge is 2.04. The summed E-state index contributed by atoms with van der Waals surface area (Å²) in [6.07, 6.45) is 1.66. The van der Waals surface area contributed by atoms with Crippen LogP contribution in [0.15, 0.2) is 42.6 Å². The summed E-state index contributed by atoms with van der Waals surface area (Å²) in [5.74, 6) is 1.41. The second kappa shape index (κ2) is 5.69. The lowest BCUT2D eigenvalue weighted by Crippen LogP contribution is -2.04. The SMILES string of the molecule is COc1ccccc1CNc1ncccc1C#N. The molecule has 2 aromatic rings. The number of rotatable bonds is 4. The molecular formula is C14H13N3O. The number of nitrogens with one attached hydrogen (secondary N) is 1. The molecule has 1 heterocycles. The van der Waals surface area contributed by atoms with E-state index < -0.39 is 0 Å². The second-order valence-corrected chi connectivity index (χ2v) is 3.68. The normalized spacial score (nSPS) is 9.56. The van der Waals surface area contributed by atoms with E-state index in [2.05, 4.69) is 16.4 Å². The minimum Gasteiger partial charge on any atom is -0.496 e. The zero-order chi connectivity index (χ0) is 12.8. The van der Waals surface area contributed by atoms with E-state index in [0.717, 1.165) is 11.3 Å². The van der Waals surface area contributed by atoms with Crippen LogP contribution in [0.2, 0.25) is 0 Å². The van der Waals surface area contributed by atoms with Crippen LogP contribution in [0.25, 0.3) is 0 Å². The first-order valence-corrected chi connectivity index (χ1v) is 5.56. The van der Waals surface area contributed by atoms with Crippen LogP contribution in [-0.2, 0) is 6.54 Å². The molecule has 0 atom stereocenters. The monoisotopic (exact) mass is 239 g/mol. The van der Waals surface area contributed by atoms with Gasteiger partial charge in [0.05, 0.1) is 12.7 Å². The molecule has 1 aromatic heterocycles. The first kappa shape index (κ1) is 11.9. The Morgan fingerprint density at radius 1 is 1.28 bits per heavy atom. The van der Waals surface area contributed by atoms with Gasteiger partial charge in [0.2, 0.25) is 0 Å². The number of ether oxygens (including phenoxy) is 1. The van der Waals surface area contributed by atoms with E-state index >= 15 is 0 Å². The lowest BCUT2D eigenvalue weighted by molar-refractivity contribution is 0.410. The van der Waals surface area contributed by atoms with Gasteiger partial charge in [-0.15, -0.1) is 0 Å². The standard InChI is InChI=1S/C14H13N3O/c1-18-13-7-3-2-5-12(13)10-17-14-11(9-15)6-4-8-16-14/h2-8H,10H2,1H3,(H,16,17). The zero-order valence-electron chi connectivity index (χ0n) is 10.1. The molecule has 0 unspecified atom stereocenters. The largest absolute Gasteiger partial charge is 0.496 e. The Bertz CT molecular complexity index is 575. The predicted molar refractivity (Wildman–Crippen MR) is 69.3 cm³/mol. The topological polar surface area (TPSA) is 57.9 Å². The Morgan fingerprint density at radius 2 is 2.11 bits per heavy atom. The number of pyridine rings is 1. The smallest absolute Gasteiger partial charge is 0.144 e. The molecule has 0 bridgehead atoms. The summed E-state index contributed by atoms with van der Waals surface area (Å²) < 4.78 is 5.26. The van der Waals surface area contributed by atoms with Crippen LogP contribution in [0, 0.1) is 11.3 Å². The molecule has 0 spiro atoms. The average Bonchev–Trinajstić information content (AvgIpc) is 2.45. The van der Waals surface area contributed by atoms with Crippen LogP contribution in [0.4, 0.5) is 5.82 Å². The third-order valence-electron chi connectivity index (χ3n) is 2.57. The minimum atomic E-state index is 0.535. The maximum absolute atomic E-state index is 8.96. The zero-order valence-corrected chi connectivity index (χ0v) is 10.1. The third-order valence-corrected chi connectivity index (χ3v) is 2.57. The summed E-state index contributed by atoms with van der Waals surface area (Å²) in [6, 6.07) is 13.3. The molecule has 0 aliphatic heterocycles. The number of methoxy groups -OCH3 is 1. The van der Waals surface area contributed by atoms with Crippen LogP contribution in [0.3, 0.4) is 0 Å². The van der Waals surface area contributed by atoms with Crippen molar-refractivity contribution >= 4 is 5.82 Å². The minimum absolute atomic E-state index is 0.535. The molecule has 0 aliphatic rings. The van der Waals surface area contributed by atoms with E-state index in [4.69, 9.17) is 10.00 Å². The van der Waals surface area contributed by atoms with Crippen LogP contribution < -0.4 is 10.1 Å². The van der Waals surface area contributed by atoms with E-state index in [1.54, 1.807) is 25.4 Å². The summed E-state index contributed by atoms with van der Waals surface area (Å²) in [4.78, 5) is 4.15. The number of nitrogens with zero attached hydrogens (tertiary/aromatic N) is 2. The maximum atomic E-state index is 8.96. The van der Waals surface area contributed by atoms with E-state index in [9.17, 15) is 0 Å². The number of aromatic nitrogens is 1. The fourth-order valence-corrected chi connectivity index (χ4v) is 1.66. The molecule has 0 saturated carbocycles. The highest BCUT2D eigenvalue weighted by molar-refractivity contribution is 5.52. The van der Waals surface area contributed by atoms with Gasteiger partial charge in [0.25, 0.3) is 0 Å². The third kappa shape index (κ3) is 2.58. The van der Waals surface area contributed by atoms with Gasteiger partial charge in [0, 0.05) is 18.3 Å². The Hall–Kier alpha value is -2.54. The van der Waals surface area contributed by atoms with E-state index in [1.807, 2.05) is 24.3 Å². The molecule has 4 nitrogen and oxygen atoms in total. The molecule has 0 fully saturated rings. The van der Waals surface area contributed by atoms with E-state index in [1.165, 1.54) is 0 Å². The molecule has 18 heavy (non-hydrogen) atoms. The van der Waals surface area contributed by atoms with Crippen molar-refractivity contribution in [2.45, 2.75) is 6.54 Å². The van der Waals surface area contributed by atoms with E-state index in [-0.39, 0.29) is 0 Å². The van der Waals surface area contributed by atoms with Gasteiger partial charge in [-0.05, 0) is 18.2 Å². The summed E-state index contributed by atoms with van der Waals surface area (Å²) >= 11 is 0. The molecule has 0 amide bonds. The van der Waals surface area contributed by atoms with Crippen molar-refractivity contribution in [3.8, 4) is 11.8 Å². The van der Waals surface area contributed by atoms with Crippen molar-refractivity contribution in [3.05, 3.63) is 53.7 Å². The van der Waals surface area contributed by atoms with Crippen molar-refractivity contribution in [1.29, 1.82) is 5.26 Å². The van der Waals surface area contributed by atoms with E-state index in [0.29, 0.717) is 17.9 Å². The van der Waals surface area contributed by atoms with Crippen molar-refractivity contribution in [3.63, 3.8) is 0 Å². The van der Waals surface area contributed by atoms with Gasteiger partial charge in [0.15, 0.2) is 0 Å². The molecule has 0 radical (unpaired) electrons. The van der Waals surface area contributed by atoms with Gasteiger partial charge in [-0.1, -0.05) is 18.2 Å².